The number of amides is 2. The number of nitrogens with two attached hydrogens (primary N) is 1. The van der Waals surface area contributed by atoms with E-state index >= 15 is 0 Å². The van der Waals surface area contributed by atoms with Crippen LogP contribution in [0.5, 0.6) is 0 Å². The van der Waals surface area contributed by atoms with Crippen molar-refractivity contribution in [2.45, 2.75) is 63.5 Å². The summed E-state index contributed by atoms with van der Waals surface area (Å²) in [6, 6.07) is 11.6. The first-order valence-electron chi connectivity index (χ1n) is 11.8. The Hall–Kier alpha value is -2.44. The highest BCUT2D eigenvalue weighted by atomic mass is 32.1. The van der Waals surface area contributed by atoms with Crippen LogP contribution in [0.2, 0.25) is 0 Å². The summed E-state index contributed by atoms with van der Waals surface area (Å²) in [6.07, 6.45) is 12.3. The maximum absolute atomic E-state index is 13.0. The highest BCUT2D eigenvalue weighted by molar-refractivity contribution is 7.09. The highest BCUT2D eigenvalue weighted by Crippen LogP contribution is 2.29. The van der Waals surface area contributed by atoms with Crippen molar-refractivity contribution < 1.29 is 9.59 Å². The van der Waals surface area contributed by atoms with Gasteiger partial charge in [-0.05, 0) is 41.8 Å². The lowest BCUT2D eigenvalue weighted by molar-refractivity contribution is -0.120. The van der Waals surface area contributed by atoms with Gasteiger partial charge in [0.05, 0.1) is 6.04 Å². The molecule has 0 bridgehead atoms. The first-order valence-corrected chi connectivity index (χ1v) is 12.6. The normalized spacial score (nSPS) is 18.6. The molecule has 1 aromatic heterocycles. The number of primary amides is 1. The van der Waals surface area contributed by atoms with Crippen molar-refractivity contribution in [1.29, 1.82) is 0 Å². The minimum Gasteiger partial charge on any atom is -0.368 e. The quantitative estimate of drug-likeness (QED) is 0.561. The third-order valence-corrected chi connectivity index (χ3v) is 7.58. The Morgan fingerprint density at radius 3 is 2.72 bits per heavy atom. The Kier molecular flexibility index (Phi) is 7.76. The van der Waals surface area contributed by atoms with E-state index in [2.05, 4.69) is 11.4 Å². The van der Waals surface area contributed by atoms with Crippen LogP contribution in [0, 0.1) is 5.92 Å². The number of anilines is 1. The molecule has 0 unspecified atom stereocenters. The summed E-state index contributed by atoms with van der Waals surface area (Å²) in [5, 5.41) is 5.49. The van der Waals surface area contributed by atoms with Crippen LogP contribution in [0.15, 0.2) is 53.9 Å². The first kappa shape index (κ1) is 22.7. The van der Waals surface area contributed by atoms with E-state index < -0.39 is 6.04 Å². The van der Waals surface area contributed by atoms with Crippen LogP contribution < -0.4 is 16.0 Å². The molecule has 3 N–H and O–H groups in total. The molecule has 1 aromatic carbocycles. The van der Waals surface area contributed by atoms with E-state index in [1.807, 2.05) is 46.7 Å². The van der Waals surface area contributed by atoms with Crippen LogP contribution in [0.1, 0.15) is 49.0 Å². The number of thiophene rings is 1. The SMILES string of the molecule is NC(=O)[C@H](Cc1cccs1)N[C@H](/C=C/C(=O)N1CCc2ccccc21)CC1CCCCC1. The van der Waals surface area contributed by atoms with Crippen molar-refractivity contribution in [2.75, 3.05) is 11.4 Å². The zero-order chi connectivity index (χ0) is 22.3. The topological polar surface area (TPSA) is 75.4 Å². The number of nitrogens with one attached hydrogen (secondary N) is 1. The molecule has 0 spiro atoms. The number of benzene rings is 1. The highest BCUT2D eigenvalue weighted by Gasteiger charge is 2.25. The average molecular weight is 452 g/mol. The molecule has 4 rings (SSSR count). The molecule has 2 heterocycles. The van der Waals surface area contributed by atoms with Crippen LogP contribution in [-0.4, -0.2) is 30.4 Å². The van der Waals surface area contributed by atoms with E-state index in [1.165, 1.54) is 37.7 Å². The monoisotopic (exact) mass is 451 g/mol. The second kappa shape index (κ2) is 10.9. The Bertz CT molecular complexity index is 934. The summed E-state index contributed by atoms with van der Waals surface area (Å²) in [4.78, 5) is 28.2. The molecular formula is C26H33N3O2S. The summed E-state index contributed by atoms with van der Waals surface area (Å²) in [7, 11) is 0. The number of hydrogen-bond donors (Lipinski definition) is 2. The Labute approximate surface area is 194 Å². The fourth-order valence-corrected chi connectivity index (χ4v) is 5.72. The largest absolute Gasteiger partial charge is 0.368 e. The number of fused-ring (bicyclic) bond motifs is 1. The van der Waals surface area contributed by atoms with Crippen LogP contribution in [-0.2, 0) is 22.4 Å². The Morgan fingerprint density at radius 1 is 1.16 bits per heavy atom. The van der Waals surface area contributed by atoms with Gasteiger partial charge in [0.1, 0.15) is 0 Å². The number of hydrogen-bond acceptors (Lipinski definition) is 4. The van der Waals surface area contributed by atoms with Gasteiger partial charge in [0.15, 0.2) is 0 Å². The van der Waals surface area contributed by atoms with Crippen LogP contribution in [0.3, 0.4) is 0 Å². The summed E-state index contributed by atoms with van der Waals surface area (Å²) < 4.78 is 0. The molecule has 0 saturated heterocycles. The molecule has 1 aliphatic heterocycles. The lowest BCUT2D eigenvalue weighted by Gasteiger charge is -2.28. The fourth-order valence-electron chi connectivity index (χ4n) is 4.97. The van der Waals surface area contributed by atoms with E-state index in [1.54, 1.807) is 17.4 Å². The van der Waals surface area contributed by atoms with Crippen LogP contribution in [0.25, 0.3) is 0 Å². The van der Waals surface area contributed by atoms with Gasteiger partial charge in [-0.2, -0.15) is 0 Å². The van der Waals surface area contributed by atoms with Gasteiger partial charge in [-0.15, -0.1) is 11.3 Å². The third-order valence-electron chi connectivity index (χ3n) is 6.68. The summed E-state index contributed by atoms with van der Waals surface area (Å²) >= 11 is 1.63. The zero-order valence-corrected chi connectivity index (χ0v) is 19.4. The smallest absolute Gasteiger partial charge is 0.250 e. The lowest BCUT2D eigenvalue weighted by Crippen LogP contribution is -2.47. The average Bonchev–Trinajstić information content (AvgIpc) is 3.47. The van der Waals surface area contributed by atoms with Gasteiger partial charge < -0.3 is 10.6 Å². The van der Waals surface area contributed by atoms with Gasteiger partial charge in [-0.1, -0.05) is 62.4 Å². The number of rotatable bonds is 9. The summed E-state index contributed by atoms with van der Waals surface area (Å²) in [5.74, 6) is 0.267. The van der Waals surface area contributed by atoms with Crippen molar-refractivity contribution in [1.82, 2.24) is 5.32 Å². The molecule has 5 nitrogen and oxygen atoms in total. The molecule has 2 aliphatic rings. The van der Waals surface area contributed by atoms with Crippen molar-refractivity contribution in [3.8, 4) is 0 Å². The number of nitrogens with zero attached hydrogens (tertiary/aromatic N) is 1. The molecular weight excluding hydrogens is 418 g/mol. The minimum absolute atomic E-state index is 0.000670. The predicted octanol–water partition coefficient (Wildman–Crippen LogP) is 4.22. The van der Waals surface area contributed by atoms with E-state index in [0.717, 1.165) is 23.4 Å². The van der Waals surface area contributed by atoms with Gasteiger partial charge in [-0.25, -0.2) is 0 Å². The molecule has 0 radical (unpaired) electrons. The van der Waals surface area contributed by atoms with Crippen molar-refractivity contribution in [2.24, 2.45) is 11.7 Å². The van der Waals surface area contributed by atoms with Crippen LogP contribution >= 0.6 is 11.3 Å². The molecule has 1 saturated carbocycles. The molecule has 32 heavy (non-hydrogen) atoms. The van der Waals surface area contributed by atoms with Gasteiger partial charge >= 0.3 is 0 Å². The van der Waals surface area contributed by atoms with Gasteiger partial charge in [0.25, 0.3) is 5.91 Å². The van der Waals surface area contributed by atoms with Gasteiger partial charge in [0, 0.05) is 35.6 Å². The Balaban J connectivity index is 1.46. The maximum Gasteiger partial charge on any atom is 0.250 e. The number of carbonyl (C=O) groups is 2. The maximum atomic E-state index is 13.0. The van der Waals surface area contributed by atoms with Crippen molar-refractivity contribution >= 4 is 28.8 Å². The van der Waals surface area contributed by atoms with Crippen molar-refractivity contribution in [3.05, 3.63) is 64.4 Å². The zero-order valence-electron chi connectivity index (χ0n) is 18.5. The molecule has 170 valence electrons. The lowest BCUT2D eigenvalue weighted by atomic mass is 9.84. The molecule has 1 aliphatic carbocycles. The van der Waals surface area contributed by atoms with Crippen molar-refractivity contribution in [3.63, 3.8) is 0 Å². The molecule has 6 heteroatoms. The van der Waals surface area contributed by atoms with Gasteiger partial charge in [-0.3, -0.25) is 14.9 Å². The number of carbonyl (C=O) groups excluding carboxylic acids is 2. The number of para-hydroxylation sites is 1. The second-order valence-corrected chi connectivity index (χ2v) is 10.0. The van der Waals surface area contributed by atoms with Gasteiger partial charge in [0.2, 0.25) is 5.91 Å². The van der Waals surface area contributed by atoms with E-state index in [-0.39, 0.29) is 17.9 Å². The fraction of sp³-hybridized carbons (Fsp3) is 0.462. The predicted molar refractivity (Wildman–Crippen MR) is 131 cm³/mol. The van der Waals surface area contributed by atoms with E-state index in [0.29, 0.717) is 18.9 Å². The standard InChI is InChI=1S/C26H33N3O2S/c27-26(31)23(18-22-10-6-16-32-22)28-21(17-19-7-2-1-3-8-19)12-13-25(30)29-15-14-20-9-4-5-11-24(20)29/h4-6,9-13,16,19,21,23,28H,1-3,7-8,14-15,17-18H2,(H2,27,31)/b13-12+/t21-,23+/m1/s1. The molecule has 2 atom stereocenters. The minimum atomic E-state index is -0.450. The molecule has 2 aromatic rings. The third kappa shape index (κ3) is 5.87. The first-order chi connectivity index (χ1) is 15.6. The Morgan fingerprint density at radius 2 is 1.97 bits per heavy atom. The second-order valence-electron chi connectivity index (χ2n) is 8.98. The molecule has 1 fully saturated rings. The van der Waals surface area contributed by atoms with E-state index in [4.69, 9.17) is 5.73 Å². The summed E-state index contributed by atoms with van der Waals surface area (Å²) in [5.41, 5.74) is 7.97. The van der Waals surface area contributed by atoms with Crippen LogP contribution in [0.4, 0.5) is 5.69 Å². The van der Waals surface area contributed by atoms with E-state index in [9.17, 15) is 9.59 Å². The summed E-state index contributed by atoms with van der Waals surface area (Å²) in [6.45, 7) is 0.714. The molecule has 2 amide bonds.